The van der Waals surface area contributed by atoms with Crippen molar-refractivity contribution in [1.82, 2.24) is 14.9 Å². The second kappa shape index (κ2) is 10.9. The van der Waals surface area contributed by atoms with Crippen molar-refractivity contribution >= 4 is 39.1 Å². The summed E-state index contributed by atoms with van der Waals surface area (Å²) >= 11 is 16.0. The zero-order valence-corrected chi connectivity index (χ0v) is 19.1. The lowest BCUT2D eigenvalue weighted by Crippen LogP contribution is -2.16. The first kappa shape index (κ1) is 22.0. The number of aromatic nitrogens is 2. The Hall–Kier alpha value is -1.73. The van der Waals surface area contributed by atoms with Gasteiger partial charge in [-0.2, -0.15) is 0 Å². The van der Waals surface area contributed by atoms with Crippen LogP contribution in [-0.4, -0.2) is 23.2 Å². The van der Waals surface area contributed by atoms with Gasteiger partial charge in [0, 0.05) is 41.1 Å². The Bertz CT molecular complexity index is 916. The van der Waals surface area contributed by atoms with Crippen LogP contribution in [0.2, 0.25) is 10.0 Å². The Balaban J connectivity index is 1.58. The molecule has 0 saturated heterocycles. The van der Waals surface area contributed by atoms with Crippen LogP contribution in [-0.2, 0) is 19.7 Å². The van der Waals surface area contributed by atoms with Gasteiger partial charge < -0.3 is 19.4 Å². The van der Waals surface area contributed by atoms with E-state index in [0.717, 1.165) is 41.7 Å². The molecule has 29 heavy (non-hydrogen) atoms. The van der Waals surface area contributed by atoms with Gasteiger partial charge in [-0.1, -0.05) is 29.3 Å². The van der Waals surface area contributed by atoms with Gasteiger partial charge in [-0.05, 0) is 58.7 Å². The first-order valence-corrected chi connectivity index (χ1v) is 10.7. The largest absolute Gasteiger partial charge is 0.493 e. The minimum Gasteiger partial charge on any atom is -0.493 e. The number of nitrogens with zero attached hydrogens (tertiary/aromatic N) is 2. The van der Waals surface area contributed by atoms with Crippen molar-refractivity contribution in [3.8, 4) is 11.5 Å². The molecule has 0 bridgehead atoms. The van der Waals surface area contributed by atoms with Crippen LogP contribution in [0.4, 0.5) is 0 Å². The van der Waals surface area contributed by atoms with Gasteiger partial charge in [0.25, 0.3) is 0 Å². The average molecular weight is 499 g/mol. The average Bonchev–Trinajstić information content (AvgIpc) is 3.21. The molecule has 0 radical (unpaired) electrons. The third-order valence-corrected chi connectivity index (χ3v) is 5.67. The lowest BCUT2D eigenvalue weighted by molar-refractivity contribution is 0.282. The normalized spacial score (nSPS) is 10.9. The van der Waals surface area contributed by atoms with Gasteiger partial charge in [0.1, 0.15) is 6.61 Å². The summed E-state index contributed by atoms with van der Waals surface area (Å²) in [6, 6.07) is 9.38. The number of imidazole rings is 1. The van der Waals surface area contributed by atoms with Crippen LogP contribution in [0.15, 0.2) is 53.5 Å². The molecule has 0 amide bonds. The quantitative estimate of drug-likeness (QED) is 0.363. The van der Waals surface area contributed by atoms with Crippen LogP contribution in [0.5, 0.6) is 11.5 Å². The summed E-state index contributed by atoms with van der Waals surface area (Å²) in [6.07, 6.45) is 6.61. The molecule has 0 unspecified atom stereocenters. The Morgan fingerprint density at radius 1 is 1.21 bits per heavy atom. The van der Waals surface area contributed by atoms with E-state index in [-0.39, 0.29) is 6.61 Å². The Kier molecular flexibility index (Phi) is 8.24. The Morgan fingerprint density at radius 2 is 2.00 bits per heavy atom. The van der Waals surface area contributed by atoms with E-state index in [2.05, 4.69) is 30.8 Å². The van der Waals surface area contributed by atoms with Gasteiger partial charge in [0.15, 0.2) is 11.5 Å². The third kappa shape index (κ3) is 6.12. The maximum atomic E-state index is 6.23. The van der Waals surface area contributed by atoms with E-state index in [9.17, 15) is 0 Å². The molecule has 1 N–H and O–H groups in total. The first-order valence-electron chi connectivity index (χ1n) is 9.17. The molecule has 0 saturated carbocycles. The number of aryl methyl sites for hydroxylation is 1. The highest BCUT2D eigenvalue weighted by atomic mass is 79.9. The summed E-state index contributed by atoms with van der Waals surface area (Å²) in [5, 5.41) is 4.60. The molecular weight excluding hydrogens is 477 g/mol. The molecule has 0 aliphatic heterocycles. The molecular formula is C21H22BrCl2N3O2. The summed E-state index contributed by atoms with van der Waals surface area (Å²) in [4.78, 5) is 4.05. The van der Waals surface area contributed by atoms with E-state index in [1.165, 1.54) is 0 Å². The zero-order valence-electron chi connectivity index (χ0n) is 16.0. The van der Waals surface area contributed by atoms with Crippen molar-refractivity contribution in [2.75, 3.05) is 13.7 Å². The lowest BCUT2D eigenvalue weighted by Gasteiger charge is -2.16. The van der Waals surface area contributed by atoms with Gasteiger partial charge in [0.2, 0.25) is 0 Å². The van der Waals surface area contributed by atoms with Gasteiger partial charge in [-0.15, -0.1) is 0 Å². The molecule has 2 aromatic carbocycles. The van der Waals surface area contributed by atoms with Crippen molar-refractivity contribution in [2.45, 2.75) is 26.1 Å². The fourth-order valence-electron chi connectivity index (χ4n) is 2.87. The van der Waals surface area contributed by atoms with Crippen LogP contribution in [0.1, 0.15) is 17.5 Å². The summed E-state index contributed by atoms with van der Waals surface area (Å²) in [5.74, 6) is 1.27. The minimum atomic E-state index is 0.249. The van der Waals surface area contributed by atoms with Crippen LogP contribution < -0.4 is 14.8 Å². The molecule has 0 aliphatic rings. The van der Waals surface area contributed by atoms with Crippen molar-refractivity contribution in [2.24, 2.45) is 0 Å². The molecule has 1 aromatic heterocycles. The smallest absolute Gasteiger partial charge is 0.175 e. The molecule has 3 rings (SSSR count). The number of nitrogens with one attached hydrogen (secondary N) is 1. The number of benzene rings is 2. The van der Waals surface area contributed by atoms with Crippen LogP contribution in [0.25, 0.3) is 0 Å². The highest BCUT2D eigenvalue weighted by Gasteiger charge is 2.14. The molecule has 5 nitrogen and oxygen atoms in total. The summed E-state index contributed by atoms with van der Waals surface area (Å²) < 4.78 is 14.4. The molecule has 0 atom stereocenters. The highest BCUT2D eigenvalue weighted by Crippen LogP contribution is 2.38. The second-order valence-corrected chi connectivity index (χ2v) is 8.10. The highest BCUT2D eigenvalue weighted by molar-refractivity contribution is 9.10. The topological polar surface area (TPSA) is 48.3 Å². The molecule has 0 fully saturated rings. The summed E-state index contributed by atoms with van der Waals surface area (Å²) in [5.41, 5.74) is 1.84. The maximum Gasteiger partial charge on any atom is 0.175 e. The van der Waals surface area contributed by atoms with E-state index < -0.39 is 0 Å². The van der Waals surface area contributed by atoms with Crippen molar-refractivity contribution in [3.05, 3.63) is 74.7 Å². The molecule has 8 heteroatoms. The Labute approximate surface area is 189 Å². The zero-order chi connectivity index (χ0) is 20.6. The van der Waals surface area contributed by atoms with Crippen LogP contribution in [0, 0.1) is 0 Å². The van der Waals surface area contributed by atoms with Crippen LogP contribution in [0.3, 0.4) is 0 Å². The number of hydrogen-bond acceptors (Lipinski definition) is 4. The Morgan fingerprint density at radius 3 is 2.69 bits per heavy atom. The summed E-state index contributed by atoms with van der Waals surface area (Å²) in [6.45, 7) is 2.83. The maximum absolute atomic E-state index is 6.23. The van der Waals surface area contributed by atoms with E-state index in [0.29, 0.717) is 21.5 Å². The second-order valence-electron chi connectivity index (χ2n) is 6.43. The first-order chi connectivity index (χ1) is 14.1. The van der Waals surface area contributed by atoms with E-state index >= 15 is 0 Å². The monoisotopic (exact) mass is 497 g/mol. The number of rotatable bonds is 10. The van der Waals surface area contributed by atoms with Crippen molar-refractivity contribution in [1.29, 1.82) is 0 Å². The van der Waals surface area contributed by atoms with Crippen molar-refractivity contribution in [3.63, 3.8) is 0 Å². The number of halogens is 3. The van der Waals surface area contributed by atoms with Gasteiger partial charge in [0.05, 0.1) is 17.9 Å². The van der Waals surface area contributed by atoms with Crippen molar-refractivity contribution < 1.29 is 9.47 Å². The summed E-state index contributed by atoms with van der Waals surface area (Å²) in [7, 11) is 1.62. The molecule has 154 valence electrons. The van der Waals surface area contributed by atoms with Gasteiger partial charge in [-0.3, -0.25) is 0 Å². The van der Waals surface area contributed by atoms with Gasteiger partial charge in [-0.25, -0.2) is 4.98 Å². The fourth-order valence-corrected chi connectivity index (χ4v) is 3.98. The van der Waals surface area contributed by atoms with E-state index in [4.69, 9.17) is 32.7 Å². The van der Waals surface area contributed by atoms with Crippen LogP contribution >= 0.6 is 39.1 Å². The molecule has 3 aromatic rings. The fraction of sp³-hybridized carbons (Fsp3) is 0.286. The molecule has 1 heterocycles. The van der Waals surface area contributed by atoms with Gasteiger partial charge >= 0.3 is 0 Å². The minimum absolute atomic E-state index is 0.249. The number of hydrogen-bond donors (Lipinski definition) is 1. The lowest BCUT2D eigenvalue weighted by atomic mass is 10.2. The van der Waals surface area contributed by atoms with E-state index in [1.54, 1.807) is 25.4 Å². The van der Waals surface area contributed by atoms with E-state index in [1.807, 2.05) is 30.7 Å². The predicted octanol–water partition coefficient (Wildman–Crippen LogP) is 5.72. The SMILES string of the molecule is COc1cc(CNCCCn2ccnc2)cc(Br)c1OCc1c(Cl)cccc1Cl. The molecule has 0 spiro atoms. The standard InChI is InChI=1S/C21H22BrCl2N3O2/c1-28-20-11-15(12-25-6-3-8-27-9-7-26-14-27)10-17(22)21(20)29-13-16-18(23)4-2-5-19(16)24/h2,4-5,7,9-11,14,25H,3,6,8,12-13H2,1H3. The third-order valence-electron chi connectivity index (χ3n) is 4.37. The molecule has 0 aliphatic carbocycles. The predicted molar refractivity (Wildman–Crippen MR) is 120 cm³/mol. The number of ether oxygens (including phenoxy) is 2. The number of methoxy groups -OCH3 is 1.